The van der Waals surface area contributed by atoms with E-state index in [1.807, 2.05) is 7.05 Å². The van der Waals surface area contributed by atoms with E-state index in [2.05, 4.69) is 26.1 Å². The van der Waals surface area contributed by atoms with Crippen LogP contribution in [0.2, 0.25) is 0 Å². The minimum absolute atomic E-state index is 0.303. The van der Waals surface area contributed by atoms with Crippen molar-refractivity contribution in [3.63, 3.8) is 0 Å². The Morgan fingerprint density at radius 2 is 1.93 bits per heavy atom. The zero-order chi connectivity index (χ0) is 11.7. The van der Waals surface area contributed by atoms with Gasteiger partial charge in [0.2, 0.25) is 0 Å². The van der Waals surface area contributed by atoms with Crippen LogP contribution in [-0.2, 0) is 9.47 Å². The maximum Gasteiger partial charge on any atom is 0.0750 e. The van der Waals surface area contributed by atoms with Crippen LogP contribution >= 0.6 is 0 Å². The topological polar surface area (TPSA) is 30.5 Å². The second kappa shape index (κ2) is 9.13. The zero-order valence-corrected chi connectivity index (χ0v) is 10.9. The third kappa shape index (κ3) is 6.13. The van der Waals surface area contributed by atoms with E-state index in [1.165, 1.54) is 0 Å². The summed E-state index contributed by atoms with van der Waals surface area (Å²) in [5.41, 5.74) is 0. The third-order valence-corrected chi connectivity index (χ3v) is 2.65. The molecule has 0 radical (unpaired) electrons. The van der Waals surface area contributed by atoms with Gasteiger partial charge in [-0.15, -0.1) is 0 Å². The number of ether oxygens (including phenoxy) is 2. The van der Waals surface area contributed by atoms with Crippen molar-refractivity contribution in [1.82, 2.24) is 5.32 Å². The number of rotatable bonds is 9. The largest absolute Gasteiger partial charge is 0.385 e. The Hall–Kier alpha value is -0.120. The fourth-order valence-corrected chi connectivity index (χ4v) is 1.89. The second-order valence-corrected chi connectivity index (χ2v) is 4.19. The average Bonchev–Trinajstić information content (AvgIpc) is 2.22. The van der Waals surface area contributed by atoms with Crippen molar-refractivity contribution in [1.29, 1.82) is 0 Å². The summed E-state index contributed by atoms with van der Waals surface area (Å²) in [5, 5.41) is 3.35. The number of hydrogen-bond acceptors (Lipinski definition) is 3. The fraction of sp³-hybridized carbons (Fsp3) is 1.00. The Kier molecular flexibility index (Phi) is 9.06. The van der Waals surface area contributed by atoms with E-state index in [9.17, 15) is 0 Å². The van der Waals surface area contributed by atoms with Crippen molar-refractivity contribution < 1.29 is 9.47 Å². The van der Waals surface area contributed by atoms with E-state index < -0.39 is 0 Å². The molecule has 2 atom stereocenters. The van der Waals surface area contributed by atoms with Crippen molar-refractivity contribution in [2.24, 2.45) is 5.92 Å². The van der Waals surface area contributed by atoms with Gasteiger partial charge in [-0.05, 0) is 32.7 Å². The van der Waals surface area contributed by atoms with Gasteiger partial charge < -0.3 is 14.8 Å². The molecule has 92 valence electrons. The molecule has 0 fully saturated rings. The molecule has 0 aromatic carbocycles. The Labute approximate surface area is 94.5 Å². The number of likely N-dealkylation sites (N-methyl/N-ethyl adjacent to an activating group) is 1. The van der Waals surface area contributed by atoms with Crippen LogP contribution in [0.25, 0.3) is 0 Å². The van der Waals surface area contributed by atoms with Crippen LogP contribution in [0.5, 0.6) is 0 Å². The lowest BCUT2D eigenvalue weighted by atomic mass is 9.96. The van der Waals surface area contributed by atoms with Gasteiger partial charge in [-0.3, -0.25) is 0 Å². The van der Waals surface area contributed by atoms with Crippen molar-refractivity contribution in [3.8, 4) is 0 Å². The number of nitrogens with one attached hydrogen (secondary N) is 1. The first-order valence-corrected chi connectivity index (χ1v) is 5.95. The molecule has 0 aromatic heterocycles. The van der Waals surface area contributed by atoms with Crippen LogP contribution in [0.15, 0.2) is 0 Å². The minimum Gasteiger partial charge on any atom is -0.385 e. The van der Waals surface area contributed by atoms with Crippen molar-refractivity contribution in [3.05, 3.63) is 0 Å². The lowest BCUT2D eigenvalue weighted by molar-refractivity contribution is 0.00148. The number of methoxy groups -OCH3 is 1. The zero-order valence-electron chi connectivity index (χ0n) is 10.9. The maximum atomic E-state index is 5.78. The van der Waals surface area contributed by atoms with E-state index in [4.69, 9.17) is 9.47 Å². The van der Waals surface area contributed by atoms with E-state index in [0.29, 0.717) is 18.1 Å². The summed E-state index contributed by atoms with van der Waals surface area (Å²) in [6.07, 6.45) is 2.49. The van der Waals surface area contributed by atoms with Crippen molar-refractivity contribution in [2.45, 2.75) is 45.8 Å². The molecule has 0 amide bonds. The second-order valence-electron chi connectivity index (χ2n) is 4.19. The van der Waals surface area contributed by atoms with Crippen molar-refractivity contribution >= 4 is 0 Å². The van der Waals surface area contributed by atoms with Gasteiger partial charge in [0.25, 0.3) is 0 Å². The Morgan fingerprint density at radius 3 is 2.33 bits per heavy atom. The molecule has 0 spiro atoms. The maximum absolute atomic E-state index is 5.78. The lowest BCUT2D eigenvalue weighted by Crippen LogP contribution is -2.42. The molecular formula is C12H27NO2. The van der Waals surface area contributed by atoms with Gasteiger partial charge in [0, 0.05) is 26.4 Å². The Morgan fingerprint density at radius 1 is 1.27 bits per heavy atom. The third-order valence-electron chi connectivity index (χ3n) is 2.65. The molecular weight excluding hydrogens is 190 g/mol. The first kappa shape index (κ1) is 14.9. The van der Waals surface area contributed by atoms with Gasteiger partial charge in [0.05, 0.1) is 6.10 Å². The SMILES string of the molecule is CCOC(C(C)C)C(CCCOC)NC. The van der Waals surface area contributed by atoms with E-state index in [-0.39, 0.29) is 0 Å². The van der Waals surface area contributed by atoms with Gasteiger partial charge in [-0.2, -0.15) is 0 Å². The molecule has 0 aliphatic carbocycles. The first-order valence-electron chi connectivity index (χ1n) is 5.95. The predicted molar refractivity (Wildman–Crippen MR) is 64.2 cm³/mol. The molecule has 3 nitrogen and oxygen atoms in total. The summed E-state index contributed by atoms with van der Waals surface area (Å²) < 4.78 is 10.9. The Bertz CT molecular complexity index is 140. The van der Waals surface area contributed by atoms with Crippen LogP contribution < -0.4 is 5.32 Å². The highest BCUT2D eigenvalue weighted by atomic mass is 16.5. The standard InChI is InChI=1S/C12H27NO2/c1-6-15-12(10(2)3)11(13-4)8-7-9-14-5/h10-13H,6-9H2,1-5H3. The van der Waals surface area contributed by atoms with Crippen LogP contribution in [0, 0.1) is 5.92 Å². The molecule has 0 aromatic rings. The molecule has 2 unspecified atom stereocenters. The highest BCUT2D eigenvalue weighted by molar-refractivity contribution is 4.78. The summed E-state index contributed by atoms with van der Waals surface area (Å²) in [4.78, 5) is 0. The van der Waals surface area contributed by atoms with Crippen LogP contribution in [0.3, 0.4) is 0 Å². The normalized spacial score (nSPS) is 15.6. The molecule has 0 aliphatic rings. The summed E-state index contributed by atoms with van der Waals surface area (Å²) in [6, 6.07) is 0.431. The van der Waals surface area contributed by atoms with Crippen LogP contribution in [-0.4, -0.2) is 39.5 Å². The van der Waals surface area contributed by atoms with Crippen LogP contribution in [0.1, 0.15) is 33.6 Å². The van der Waals surface area contributed by atoms with Gasteiger partial charge in [-0.25, -0.2) is 0 Å². The quantitative estimate of drug-likeness (QED) is 0.600. The van der Waals surface area contributed by atoms with Gasteiger partial charge in [0.1, 0.15) is 0 Å². The summed E-state index contributed by atoms with van der Waals surface area (Å²) in [6.45, 7) is 8.08. The van der Waals surface area contributed by atoms with E-state index >= 15 is 0 Å². The highest BCUT2D eigenvalue weighted by Crippen LogP contribution is 2.15. The van der Waals surface area contributed by atoms with E-state index in [0.717, 1.165) is 26.1 Å². The number of hydrogen-bond donors (Lipinski definition) is 1. The summed E-state index contributed by atoms with van der Waals surface area (Å²) >= 11 is 0. The molecule has 0 saturated carbocycles. The average molecular weight is 217 g/mol. The molecule has 15 heavy (non-hydrogen) atoms. The molecule has 0 saturated heterocycles. The predicted octanol–water partition coefficient (Wildman–Crippen LogP) is 2.06. The molecule has 0 heterocycles. The first-order chi connectivity index (χ1) is 7.17. The van der Waals surface area contributed by atoms with E-state index in [1.54, 1.807) is 7.11 Å². The van der Waals surface area contributed by atoms with Gasteiger partial charge in [0.15, 0.2) is 0 Å². The fourth-order valence-electron chi connectivity index (χ4n) is 1.89. The summed E-state index contributed by atoms with van der Waals surface area (Å²) in [5.74, 6) is 0.546. The van der Waals surface area contributed by atoms with Gasteiger partial charge >= 0.3 is 0 Å². The molecule has 0 rings (SSSR count). The van der Waals surface area contributed by atoms with Crippen molar-refractivity contribution in [2.75, 3.05) is 27.4 Å². The lowest BCUT2D eigenvalue weighted by Gasteiger charge is -2.29. The molecule has 3 heteroatoms. The highest BCUT2D eigenvalue weighted by Gasteiger charge is 2.22. The monoisotopic (exact) mass is 217 g/mol. The molecule has 1 N–H and O–H groups in total. The molecule has 0 bridgehead atoms. The van der Waals surface area contributed by atoms with Crippen LogP contribution in [0.4, 0.5) is 0 Å². The Balaban J connectivity index is 4.06. The molecule has 0 aliphatic heterocycles. The summed E-state index contributed by atoms with van der Waals surface area (Å²) in [7, 11) is 3.75. The smallest absolute Gasteiger partial charge is 0.0750 e. The van der Waals surface area contributed by atoms with Gasteiger partial charge in [-0.1, -0.05) is 13.8 Å². The minimum atomic E-state index is 0.303.